The van der Waals surface area contributed by atoms with Crippen LogP contribution >= 0.6 is 0 Å². The van der Waals surface area contributed by atoms with Gasteiger partial charge >= 0.3 is 0 Å². The lowest BCUT2D eigenvalue weighted by molar-refractivity contribution is -0.138. The number of likely N-dealkylation sites (tertiary alicyclic amines) is 1. The van der Waals surface area contributed by atoms with Crippen molar-refractivity contribution < 1.29 is 19.1 Å². The lowest BCUT2D eigenvalue weighted by Gasteiger charge is -2.34. The van der Waals surface area contributed by atoms with Crippen molar-refractivity contribution in [3.63, 3.8) is 0 Å². The first-order chi connectivity index (χ1) is 13.9. The Balaban J connectivity index is 1.60. The van der Waals surface area contributed by atoms with Crippen molar-refractivity contribution in [3.05, 3.63) is 36.0 Å². The fourth-order valence-corrected chi connectivity index (χ4v) is 4.37. The Morgan fingerprint density at radius 2 is 1.66 bits per heavy atom. The van der Waals surface area contributed by atoms with Crippen LogP contribution in [0, 0.1) is 0 Å². The summed E-state index contributed by atoms with van der Waals surface area (Å²) in [6.07, 6.45) is 3.52. The van der Waals surface area contributed by atoms with E-state index in [4.69, 9.17) is 4.74 Å². The number of carbonyl (C=O) groups excluding carboxylic acids is 3. The van der Waals surface area contributed by atoms with Crippen LogP contribution in [0.15, 0.2) is 30.5 Å². The number of Topliss-reactive ketones (excluding diaryl/α,β-unsaturated/α-hetero) is 1. The standard InChI is InChI=1S/C22H27N3O4/c1-15-11-25(12-16(2)29-15)22(28)21(27)18-13-24(19-8-4-3-7-17(18)19)14-20(26)23-9-5-6-10-23/h3-4,7-8,13,15-16H,5-6,9-12,14H2,1-2H3/t15-,16-/m1/s1. The molecule has 3 heterocycles. The van der Waals surface area contributed by atoms with Gasteiger partial charge in [0.2, 0.25) is 5.91 Å². The first-order valence-electron chi connectivity index (χ1n) is 10.3. The van der Waals surface area contributed by atoms with Crippen molar-refractivity contribution >= 4 is 28.5 Å². The molecule has 1 aromatic heterocycles. The fourth-order valence-electron chi connectivity index (χ4n) is 4.37. The molecule has 154 valence electrons. The zero-order chi connectivity index (χ0) is 20.5. The highest BCUT2D eigenvalue weighted by Gasteiger charge is 2.32. The van der Waals surface area contributed by atoms with Gasteiger partial charge in [-0.25, -0.2) is 0 Å². The molecule has 0 bridgehead atoms. The molecule has 0 spiro atoms. The zero-order valence-corrected chi connectivity index (χ0v) is 17.0. The van der Waals surface area contributed by atoms with Gasteiger partial charge in [-0.15, -0.1) is 0 Å². The summed E-state index contributed by atoms with van der Waals surface area (Å²) in [5.41, 5.74) is 1.14. The SMILES string of the molecule is C[C@@H]1CN(C(=O)C(=O)c2cn(CC(=O)N3CCCC3)c3ccccc23)C[C@@H](C)O1. The Hall–Kier alpha value is -2.67. The predicted molar refractivity (Wildman–Crippen MR) is 109 cm³/mol. The minimum atomic E-state index is -0.533. The lowest BCUT2D eigenvalue weighted by atomic mass is 10.1. The van der Waals surface area contributed by atoms with Gasteiger partial charge in [0.05, 0.1) is 17.8 Å². The molecule has 0 radical (unpaired) electrons. The summed E-state index contributed by atoms with van der Waals surface area (Å²) in [4.78, 5) is 42.0. The highest BCUT2D eigenvalue weighted by Crippen LogP contribution is 2.24. The van der Waals surface area contributed by atoms with Crippen LogP contribution in [0.2, 0.25) is 0 Å². The number of hydrogen-bond donors (Lipinski definition) is 0. The molecule has 2 aliphatic rings. The molecule has 1 aromatic carbocycles. The van der Waals surface area contributed by atoms with Crippen molar-refractivity contribution in [1.29, 1.82) is 0 Å². The van der Waals surface area contributed by atoms with Gasteiger partial charge in [-0.3, -0.25) is 14.4 Å². The molecule has 2 atom stereocenters. The van der Waals surface area contributed by atoms with Crippen molar-refractivity contribution in [2.45, 2.75) is 45.4 Å². The number of morpholine rings is 1. The number of hydrogen-bond acceptors (Lipinski definition) is 4. The van der Waals surface area contributed by atoms with Crippen LogP contribution < -0.4 is 0 Å². The molecule has 4 rings (SSSR count). The van der Waals surface area contributed by atoms with Crippen LogP contribution in [0.5, 0.6) is 0 Å². The molecule has 29 heavy (non-hydrogen) atoms. The Labute approximate surface area is 170 Å². The Kier molecular flexibility index (Phi) is 5.41. The molecule has 2 aromatic rings. The third kappa shape index (κ3) is 3.92. The van der Waals surface area contributed by atoms with E-state index in [2.05, 4.69) is 0 Å². The maximum atomic E-state index is 13.1. The summed E-state index contributed by atoms with van der Waals surface area (Å²) < 4.78 is 7.46. The van der Waals surface area contributed by atoms with E-state index in [9.17, 15) is 14.4 Å². The van der Waals surface area contributed by atoms with Crippen LogP contribution in [0.25, 0.3) is 10.9 Å². The summed E-state index contributed by atoms with van der Waals surface area (Å²) in [5.74, 6) is -1.000. The van der Waals surface area contributed by atoms with E-state index < -0.39 is 11.7 Å². The van der Waals surface area contributed by atoms with Crippen molar-refractivity contribution in [1.82, 2.24) is 14.4 Å². The van der Waals surface area contributed by atoms with E-state index in [-0.39, 0.29) is 24.7 Å². The maximum absolute atomic E-state index is 13.1. The largest absolute Gasteiger partial charge is 0.372 e. The summed E-state index contributed by atoms with van der Waals surface area (Å²) in [6, 6.07) is 7.43. The fraction of sp³-hybridized carbons (Fsp3) is 0.500. The molecular weight excluding hydrogens is 370 g/mol. The van der Waals surface area contributed by atoms with E-state index in [1.54, 1.807) is 15.7 Å². The summed E-state index contributed by atoms with van der Waals surface area (Å²) in [5, 5.41) is 0.703. The van der Waals surface area contributed by atoms with Crippen LogP contribution in [-0.2, 0) is 20.9 Å². The Bertz CT molecular complexity index is 935. The van der Waals surface area contributed by atoms with Gasteiger partial charge < -0.3 is 19.1 Å². The third-order valence-electron chi connectivity index (χ3n) is 5.70. The summed E-state index contributed by atoms with van der Waals surface area (Å²) in [6.45, 7) is 6.35. The van der Waals surface area contributed by atoms with Gasteiger partial charge in [0, 0.05) is 43.3 Å². The topological polar surface area (TPSA) is 71.9 Å². The van der Waals surface area contributed by atoms with Gasteiger partial charge in [0.15, 0.2) is 0 Å². The zero-order valence-electron chi connectivity index (χ0n) is 17.0. The van der Waals surface area contributed by atoms with E-state index in [0.717, 1.165) is 31.4 Å². The van der Waals surface area contributed by atoms with Crippen molar-refractivity contribution in [2.75, 3.05) is 26.2 Å². The predicted octanol–water partition coefficient (Wildman–Crippen LogP) is 2.08. The highest BCUT2D eigenvalue weighted by atomic mass is 16.5. The number of para-hydroxylation sites is 1. The maximum Gasteiger partial charge on any atom is 0.295 e. The molecule has 2 amide bonds. The molecule has 2 saturated heterocycles. The molecule has 0 unspecified atom stereocenters. The highest BCUT2D eigenvalue weighted by molar-refractivity contribution is 6.44. The number of nitrogens with zero attached hydrogens (tertiary/aromatic N) is 3. The summed E-state index contributed by atoms with van der Waals surface area (Å²) in [7, 11) is 0. The van der Waals surface area contributed by atoms with Crippen LogP contribution in [0.1, 0.15) is 37.0 Å². The van der Waals surface area contributed by atoms with Gasteiger partial charge in [0.1, 0.15) is 6.54 Å². The minimum Gasteiger partial charge on any atom is -0.372 e. The second-order valence-electron chi connectivity index (χ2n) is 8.07. The van der Waals surface area contributed by atoms with Gasteiger partial charge in [-0.1, -0.05) is 18.2 Å². The number of aromatic nitrogens is 1. The number of benzene rings is 1. The van der Waals surface area contributed by atoms with Gasteiger partial charge in [-0.05, 0) is 32.8 Å². The molecule has 2 aliphatic heterocycles. The van der Waals surface area contributed by atoms with Crippen LogP contribution in [-0.4, -0.2) is 70.4 Å². The number of ether oxygens (including phenoxy) is 1. The molecule has 0 aliphatic carbocycles. The average Bonchev–Trinajstić information content (AvgIpc) is 3.35. The van der Waals surface area contributed by atoms with E-state index >= 15 is 0 Å². The smallest absolute Gasteiger partial charge is 0.295 e. The monoisotopic (exact) mass is 397 g/mol. The molecule has 7 nitrogen and oxygen atoms in total. The molecule has 2 fully saturated rings. The van der Waals surface area contributed by atoms with Crippen LogP contribution in [0.3, 0.4) is 0 Å². The third-order valence-corrected chi connectivity index (χ3v) is 5.70. The second kappa shape index (κ2) is 7.99. The number of fused-ring (bicyclic) bond motifs is 1. The molecule has 7 heteroatoms. The van der Waals surface area contributed by atoms with Gasteiger partial charge in [0.25, 0.3) is 11.7 Å². The second-order valence-corrected chi connectivity index (χ2v) is 8.07. The number of rotatable bonds is 4. The number of amides is 2. The minimum absolute atomic E-state index is 0.0457. The summed E-state index contributed by atoms with van der Waals surface area (Å²) >= 11 is 0. The molecule has 0 N–H and O–H groups in total. The normalized spacial score (nSPS) is 22.3. The van der Waals surface area contributed by atoms with E-state index in [0.29, 0.717) is 24.0 Å². The van der Waals surface area contributed by atoms with E-state index in [1.807, 2.05) is 43.0 Å². The quantitative estimate of drug-likeness (QED) is 0.585. The molecular formula is C22H27N3O4. The van der Waals surface area contributed by atoms with E-state index in [1.165, 1.54) is 0 Å². The first kappa shape index (κ1) is 19.6. The van der Waals surface area contributed by atoms with Crippen LogP contribution in [0.4, 0.5) is 0 Å². The Morgan fingerprint density at radius 3 is 2.34 bits per heavy atom. The average molecular weight is 397 g/mol. The first-order valence-corrected chi connectivity index (χ1v) is 10.3. The van der Waals surface area contributed by atoms with Gasteiger partial charge in [-0.2, -0.15) is 0 Å². The van der Waals surface area contributed by atoms with Crippen molar-refractivity contribution in [2.24, 2.45) is 0 Å². The Morgan fingerprint density at radius 1 is 1.00 bits per heavy atom. The lowest BCUT2D eigenvalue weighted by Crippen LogP contribution is -2.50. The van der Waals surface area contributed by atoms with Crippen molar-refractivity contribution in [3.8, 4) is 0 Å². The number of ketones is 1. The number of carbonyl (C=O) groups is 3. The molecule has 0 saturated carbocycles.